The Morgan fingerprint density at radius 1 is 1.15 bits per heavy atom. The lowest BCUT2D eigenvalue weighted by atomic mass is 9.95. The molecule has 0 radical (unpaired) electrons. The molecule has 5 rings (SSSR count). The first-order chi connectivity index (χ1) is 19.0. The van der Waals surface area contributed by atoms with Gasteiger partial charge in [0.15, 0.2) is 6.04 Å². The number of nitrogens with zero attached hydrogens (tertiary/aromatic N) is 5. The number of aryl methyl sites for hydroxylation is 1. The average Bonchev–Trinajstić information content (AvgIpc) is 3.72. The third-order valence-electron chi connectivity index (χ3n) is 6.85. The summed E-state index contributed by atoms with van der Waals surface area (Å²) >= 11 is 1.53. The van der Waals surface area contributed by atoms with Gasteiger partial charge in [0.2, 0.25) is 11.7 Å². The Balaban J connectivity index is 1.41. The van der Waals surface area contributed by atoms with Crippen molar-refractivity contribution in [3.05, 3.63) is 70.3 Å². The van der Waals surface area contributed by atoms with Gasteiger partial charge >= 0.3 is 0 Å². The van der Waals surface area contributed by atoms with Crippen molar-refractivity contribution in [1.82, 2.24) is 30.4 Å². The highest BCUT2D eigenvalue weighted by atomic mass is 32.1. The summed E-state index contributed by atoms with van der Waals surface area (Å²) in [5.74, 6) is 1.65. The number of tetrazole rings is 1. The van der Waals surface area contributed by atoms with Gasteiger partial charge < -0.3 is 19.4 Å². The van der Waals surface area contributed by atoms with Gasteiger partial charge in [0, 0.05) is 16.5 Å². The molecule has 39 heavy (non-hydrogen) atoms. The van der Waals surface area contributed by atoms with Gasteiger partial charge in [-0.2, -0.15) is 4.80 Å². The minimum absolute atomic E-state index is 0.0903. The summed E-state index contributed by atoms with van der Waals surface area (Å²) in [4.78, 5) is 31.4. The van der Waals surface area contributed by atoms with E-state index in [1.165, 1.54) is 22.6 Å². The largest absolute Gasteiger partial charge is 0.497 e. The van der Waals surface area contributed by atoms with Crippen molar-refractivity contribution in [3.63, 3.8) is 0 Å². The molecule has 0 saturated heterocycles. The third-order valence-corrected chi connectivity index (χ3v) is 7.71. The fourth-order valence-electron chi connectivity index (χ4n) is 4.82. The van der Waals surface area contributed by atoms with Crippen LogP contribution in [0.15, 0.2) is 58.3 Å². The van der Waals surface area contributed by atoms with E-state index in [0.717, 1.165) is 41.9 Å². The molecule has 11 heteroatoms. The zero-order chi connectivity index (χ0) is 27.2. The first-order valence-corrected chi connectivity index (χ1v) is 14.0. The standard InChI is InChI=1S/C28H32N6O4S/c1-19-10-15-24(38-19)26(28(36)29-21-7-4-3-5-8-21)33(17-23-9-6-16-39-23)25(35)18-34-31-27(30-32-34)20-11-13-22(37-2)14-12-20/h6,9-16,21,26H,3-5,7-8,17-18H2,1-2H3,(H,29,36)/t26-/m1/s1. The third kappa shape index (κ3) is 6.54. The van der Waals surface area contributed by atoms with Gasteiger partial charge in [0.1, 0.15) is 23.8 Å². The van der Waals surface area contributed by atoms with Gasteiger partial charge in [-0.3, -0.25) is 9.59 Å². The minimum Gasteiger partial charge on any atom is -0.497 e. The molecule has 10 nitrogen and oxygen atoms in total. The summed E-state index contributed by atoms with van der Waals surface area (Å²) in [5, 5.41) is 17.8. The van der Waals surface area contributed by atoms with Crippen LogP contribution >= 0.6 is 11.3 Å². The number of furan rings is 1. The fraction of sp³-hybridized carbons (Fsp3) is 0.393. The zero-order valence-corrected chi connectivity index (χ0v) is 22.9. The maximum atomic E-state index is 13.9. The second kappa shape index (κ2) is 12.2. The summed E-state index contributed by atoms with van der Waals surface area (Å²) in [6, 6.07) is 13.9. The van der Waals surface area contributed by atoms with E-state index in [1.807, 2.05) is 54.8 Å². The average molecular weight is 549 g/mol. The lowest BCUT2D eigenvalue weighted by molar-refractivity contribution is -0.143. The molecule has 3 heterocycles. The van der Waals surface area contributed by atoms with Crippen molar-refractivity contribution in [2.24, 2.45) is 0 Å². The first kappa shape index (κ1) is 26.6. The first-order valence-electron chi connectivity index (χ1n) is 13.1. The maximum absolute atomic E-state index is 13.9. The molecule has 204 valence electrons. The van der Waals surface area contributed by atoms with E-state index >= 15 is 0 Å². The summed E-state index contributed by atoms with van der Waals surface area (Å²) in [6.45, 7) is 1.89. The van der Waals surface area contributed by atoms with Crippen molar-refractivity contribution in [3.8, 4) is 17.1 Å². The molecule has 0 bridgehead atoms. The SMILES string of the molecule is COc1ccc(-c2nnn(CC(=O)N(Cc3cccs3)[C@@H](C(=O)NC3CCCCC3)c3ccc(C)o3)n2)cc1. The minimum atomic E-state index is -0.931. The molecular weight excluding hydrogens is 516 g/mol. The molecule has 0 unspecified atom stereocenters. The van der Waals surface area contributed by atoms with Crippen LogP contribution in [0.3, 0.4) is 0 Å². The summed E-state index contributed by atoms with van der Waals surface area (Å²) < 4.78 is 11.1. The zero-order valence-electron chi connectivity index (χ0n) is 22.1. The molecular formula is C28H32N6O4S. The summed E-state index contributed by atoms with van der Waals surface area (Å²) in [7, 11) is 1.60. The van der Waals surface area contributed by atoms with Gasteiger partial charge in [-0.1, -0.05) is 25.3 Å². The number of ether oxygens (including phenoxy) is 1. The van der Waals surface area contributed by atoms with Crippen LogP contribution in [0.5, 0.6) is 5.75 Å². The lowest BCUT2D eigenvalue weighted by Crippen LogP contribution is -2.47. The normalized spacial score (nSPS) is 14.6. The Kier molecular flexibility index (Phi) is 8.36. The van der Waals surface area contributed by atoms with E-state index in [2.05, 4.69) is 20.7 Å². The Morgan fingerprint density at radius 2 is 1.95 bits per heavy atom. The topological polar surface area (TPSA) is 115 Å². The van der Waals surface area contributed by atoms with Crippen molar-refractivity contribution in [1.29, 1.82) is 0 Å². The number of thiophene rings is 1. The second-order valence-corrected chi connectivity index (χ2v) is 10.7. The number of nitrogens with one attached hydrogen (secondary N) is 1. The van der Waals surface area contributed by atoms with Crippen LogP contribution in [0.25, 0.3) is 11.4 Å². The predicted octanol–water partition coefficient (Wildman–Crippen LogP) is 4.53. The van der Waals surface area contributed by atoms with Crippen LogP contribution in [0, 0.1) is 6.92 Å². The highest BCUT2D eigenvalue weighted by molar-refractivity contribution is 7.09. The number of rotatable bonds is 10. The summed E-state index contributed by atoms with van der Waals surface area (Å²) in [6.07, 6.45) is 5.22. The van der Waals surface area contributed by atoms with E-state index in [0.29, 0.717) is 17.3 Å². The van der Waals surface area contributed by atoms with Crippen LogP contribution in [0.2, 0.25) is 0 Å². The number of benzene rings is 1. The van der Waals surface area contributed by atoms with Crippen LogP contribution < -0.4 is 10.1 Å². The molecule has 1 aliphatic rings. The second-order valence-electron chi connectivity index (χ2n) is 9.67. The van der Waals surface area contributed by atoms with Gasteiger partial charge in [-0.15, -0.1) is 21.5 Å². The highest BCUT2D eigenvalue weighted by Gasteiger charge is 2.35. The van der Waals surface area contributed by atoms with Crippen molar-refractivity contribution < 1.29 is 18.7 Å². The van der Waals surface area contributed by atoms with Gasteiger partial charge in [-0.25, -0.2) is 0 Å². The van der Waals surface area contributed by atoms with E-state index in [4.69, 9.17) is 9.15 Å². The van der Waals surface area contributed by atoms with Crippen molar-refractivity contribution >= 4 is 23.2 Å². The molecule has 1 saturated carbocycles. The number of hydrogen-bond acceptors (Lipinski definition) is 8. The van der Waals surface area contributed by atoms with Crippen LogP contribution in [-0.4, -0.2) is 50.1 Å². The van der Waals surface area contributed by atoms with Crippen LogP contribution in [0.1, 0.15) is 54.5 Å². The van der Waals surface area contributed by atoms with Crippen LogP contribution in [-0.2, 0) is 22.7 Å². The van der Waals surface area contributed by atoms with Crippen molar-refractivity contribution in [2.75, 3.05) is 7.11 Å². The quantitative estimate of drug-likeness (QED) is 0.310. The lowest BCUT2D eigenvalue weighted by Gasteiger charge is -2.31. The number of carbonyl (C=O) groups is 2. The number of methoxy groups -OCH3 is 1. The number of hydrogen-bond donors (Lipinski definition) is 1. The molecule has 3 aromatic heterocycles. The van der Waals surface area contributed by atoms with E-state index in [-0.39, 0.29) is 30.9 Å². The molecule has 1 aromatic carbocycles. The predicted molar refractivity (Wildman–Crippen MR) is 146 cm³/mol. The molecule has 2 amide bonds. The monoisotopic (exact) mass is 548 g/mol. The van der Waals surface area contributed by atoms with E-state index in [1.54, 1.807) is 18.1 Å². The number of aromatic nitrogens is 4. The maximum Gasteiger partial charge on any atom is 0.250 e. The molecule has 1 aliphatic carbocycles. The fourth-order valence-corrected chi connectivity index (χ4v) is 5.53. The molecule has 0 aliphatic heterocycles. The molecule has 0 spiro atoms. The molecule has 1 atom stereocenters. The van der Waals surface area contributed by atoms with Gasteiger partial charge in [0.25, 0.3) is 5.91 Å². The Bertz CT molecular complexity index is 1380. The number of carbonyl (C=O) groups excluding carboxylic acids is 2. The Morgan fingerprint density at radius 3 is 2.62 bits per heavy atom. The van der Waals surface area contributed by atoms with E-state index < -0.39 is 6.04 Å². The molecule has 1 N–H and O–H groups in total. The van der Waals surface area contributed by atoms with Gasteiger partial charge in [-0.05, 0) is 72.8 Å². The number of amides is 2. The molecule has 1 fully saturated rings. The van der Waals surface area contributed by atoms with Crippen molar-refractivity contribution in [2.45, 2.75) is 64.2 Å². The Hall–Kier alpha value is -3.99. The smallest absolute Gasteiger partial charge is 0.250 e. The van der Waals surface area contributed by atoms with Gasteiger partial charge in [0.05, 0.1) is 13.7 Å². The Labute approximate surface area is 231 Å². The van der Waals surface area contributed by atoms with Crippen LogP contribution in [0.4, 0.5) is 0 Å². The summed E-state index contributed by atoms with van der Waals surface area (Å²) in [5.41, 5.74) is 0.751. The molecule has 4 aromatic rings. The highest BCUT2D eigenvalue weighted by Crippen LogP contribution is 2.28. The van der Waals surface area contributed by atoms with E-state index in [9.17, 15) is 9.59 Å².